The van der Waals surface area contributed by atoms with Crippen LogP contribution in [-0.4, -0.2) is 59.3 Å². The minimum absolute atomic E-state index is 0.00691. The maximum Gasteiger partial charge on any atom is 0.303 e. The monoisotopic (exact) mass is 594 g/mol. The van der Waals surface area contributed by atoms with Gasteiger partial charge in [0.05, 0.1) is 21.4 Å². The number of hydrogen-bond donors (Lipinski definition) is 4. The van der Waals surface area contributed by atoms with Crippen LogP contribution < -0.4 is 0 Å². The summed E-state index contributed by atoms with van der Waals surface area (Å²) in [5.41, 5.74) is -0.0471. The lowest BCUT2D eigenvalue weighted by Gasteiger charge is -2.62. The maximum absolute atomic E-state index is 12.6. The van der Waals surface area contributed by atoms with E-state index in [1.54, 1.807) is 12.5 Å². The van der Waals surface area contributed by atoms with Crippen molar-refractivity contribution < 1.29 is 25.2 Å². The van der Waals surface area contributed by atoms with Gasteiger partial charge in [-0.25, -0.2) is 0 Å². The lowest BCUT2D eigenvalue weighted by Crippen LogP contribution is -2.57. The van der Waals surface area contributed by atoms with Crippen LogP contribution in [0.15, 0.2) is 11.6 Å². The third-order valence-electron chi connectivity index (χ3n) is 12.8. The first-order chi connectivity index (χ1) is 18.5. The van der Waals surface area contributed by atoms with Crippen LogP contribution in [0.4, 0.5) is 0 Å². The van der Waals surface area contributed by atoms with Crippen molar-refractivity contribution in [1.82, 2.24) is 0 Å². The average molecular weight is 595 g/mol. The van der Waals surface area contributed by atoms with Crippen LogP contribution >= 0.6 is 23.5 Å². The molecule has 9 atom stereocenters. The van der Waals surface area contributed by atoms with Crippen molar-refractivity contribution in [1.29, 1.82) is 0 Å². The molecule has 3 saturated carbocycles. The first kappa shape index (κ1) is 31.2. The highest BCUT2D eigenvalue weighted by molar-refractivity contribution is 8.21. The van der Waals surface area contributed by atoms with E-state index in [2.05, 4.69) is 40.7 Å². The van der Waals surface area contributed by atoms with Crippen molar-refractivity contribution in [2.24, 2.45) is 39.9 Å². The highest BCUT2D eigenvalue weighted by atomic mass is 32.2. The summed E-state index contributed by atoms with van der Waals surface area (Å²) in [4.78, 5) is 11.0. The fourth-order valence-corrected chi connectivity index (χ4v) is 15.0. The molecule has 5 nitrogen and oxygen atoms in total. The van der Waals surface area contributed by atoms with Crippen LogP contribution in [-0.2, 0) is 4.79 Å². The zero-order valence-corrected chi connectivity index (χ0v) is 27.3. The first-order valence-electron chi connectivity index (χ1n) is 15.9. The van der Waals surface area contributed by atoms with Gasteiger partial charge in [0.1, 0.15) is 0 Å². The van der Waals surface area contributed by atoms with Crippen LogP contribution in [0, 0.1) is 39.9 Å². The number of fused-ring (bicyclic) bond motifs is 6. The number of unbranched alkanes of at least 4 members (excludes halogenated alkanes) is 1. The Bertz CT molecular complexity index is 1010. The molecule has 228 valence electrons. The van der Waals surface area contributed by atoms with Crippen LogP contribution in [0.2, 0.25) is 0 Å². The minimum Gasteiger partial charge on any atom is -0.481 e. The summed E-state index contributed by atoms with van der Waals surface area (Å²) in [6.45, 7) is 13.4. The van der Waals surface area contributed by atoms with Gasteiger partial charge >= 0.3 is 5.97 Å². The maximum atomic E-state index is 12.6. The molecule has 1 spiro atoms. The number of hydrogen-bond acceptors (Lipinski definition) is 6. The van der Waals surface area contributed by atoms with Gasteiger partial charge in [0.2, 0.25) is 0 Å². The Morgan fingerprint density at radius 1 is 1.05 bits per heavy atom. The molecule has 0 aromatic heterocycles. The summed E-state index contributed by atoms with van der Waals surface area (Å²) in [6, 6.07) is 0. The van der Waals surface area contributed by atoms with Crippen LogP contribution in [0.3, 0.4) is 0 Å². The third kappa shape index (κ3) is 4.66. The van der Waals surface area contributed by atoms with Crippen molar-refractivity contribution in [3.8, 4) is 0 Å². The number of rotatable bonds is 8. The molecule has 1 heterocycles. The Balaban J connectivity index is 1.42. The van der Waals surface area contributed by atoms with E-state index in [1.165, 1.54) is 0 Å². The van der Waals surface area contributed by atoms with Crippen molar-refractivity contribution in [2.45, 2.75) is 134 Å². The van der Waals surface area contributed by atoms with E-state index < -0.39 is 17.2 Å². The van der Waals surface area contributed by atoms with Crippen molar-refractivity contribution in [3.05, 3.63) is 11.6 Å². The molecule has 0 amide bonds. The summed E-state index contributed by atoms with van der Waals surface area (Å²) in [7, 11) is 0. The molecule has 5 rings (SSSR count). The summed E-state index contributed by atoms with van der Waals surface area (Å²) >= 11 is 4.07. The van der Waals surface area contributed by atoms with Gasteiger partial charge in [-0.1, -0.05) is 52.2 Å². The molecule has 5 unspecified atom stereocenters. The highest BCUT2D eigenvalue weighted by Crippen LogP contribution is 2.77. The fraction of sp³-hybridized carbons (Fsp3) is 0.909. The van der Waals surface area contributed by atoms with Crippen molar-refractivity contribution >= 4 is 29.5 Å². The minimum atomic E-state index is -0.959. The fourth-order valence-electron chi connectivity index (χ4n) is 10.8. The number of aliphatic carboxylic acids is 1. The molecule has 0 aromatic rings. The normalized spacial score (nSPS) is 44.8. The zero-order chi connectivity index (χ0) is 29.4. The van der Waals surface area contributed by atoms with Gasteiger partial charge in [-0.15, -0.1) is 23.5 Å². The second-order valence-corrected chi connectivity index (χ2v) is 18.5. The largest absolute Gasteiger partial charge is 0.481 e. The average Bonchev–Trinajstić information content (AvgIpc) is 3.40. The van der Waals surface area contributed by atoms with Crippen LogP contribution in [0.5, 0.6) is 0 Å². The van der Waals surface area contributed by atoms with E-state index in [1.807, 2.05) is 23.5 Å². The van der Waals surface area contributed by atoms with E-state index in [0.717, 1.165) is 62.9 Å². The molecule has 40 heavy (non-hydrogen) atoms. The lowest BCUT2D eigenvalue weighted by atomic mass is 9.44. The third-order valence-corrected chi connectivity index (χ3v) is 16.8. The number of carboxylic acid groups (broad SMARTS) is 1. The molecule has 4 fully saturated rings. The number of aliphatic hydroxyl groups excluding tert-OH is 1. The summed E-state index contributed by atoms with van der Waals surface area (Å²) in [6.07, 6.45) is 11.2. The van der Waals surface area contributed by atoms with E-state index in [-0.39, 0.29) is 45.2 Å². The van der Waals surface area contributed by atoms with E-state index >= 15 is 0 Å². The van der Waals surface area contributed by atoms with E-state index in [9.17, 15) is 20.1 Å². The summed E-state index contributed by atoms with van der Waals surface area (Å²) in [5.74, 6) is 2.90. The SMILES string of the molecule is CC(O)(CCCCC1[C@@]2(C)CC=C3C(CCC4C(C)(C)[C@@H](O)CC[C@]34C)C2C2(SCCS2)[C@@]1(C)O)CCC(=O)O. The Labute approximate surface area is 250 Å². The number of aliphatic hydroxyl groups is 3. The van der Waals surface area contributed by atoms with Gasteiger partial charge in [0, 0.05) is 17.9 Å². The van der Waals surface area contributed by atoms with Crippen LogP contribution in [0.1, 0.15) is 112 Å². The smallest absolute Gasteiger partial charge is 0.303 e. The van der Waals surface area contributed by atoms with Gasteiger partial charge in [-0.05, 0) is 105 Å². The Morgan fingerprint density at radius 3 is 2.38 bits per heavy atom. The Morgan fingerprint density at radius 2 is 1.73 bits per heavy atom. The molecule has 0 radical (unpaired) electrons. The van der Waals surface area contributed by atoms with E-state index in [4.69, 9.17) is 5.11 Å². The number of thioether (sulfide) groups is 2. The highest BCUT2D eigenvalue weighted by Gasteiger charge is 2.75. The van der Waals surface area contributed by atoms with Crippen molar-refractivity contribution in [3.63, 3.8) is 0 Å². The van der Waals surface area contributed by atoms with Gasteiger partial charge in [-0.3, -0.25) is 4.79 Å². The first-order valence-corrected chi connectivity index (χ1v) is 17.8. The predicted molar refractivity (Wildman–Crippen MR) is 165 cm³/mol. The Hall–Kier alpha value is -0.210. The molecule has 4 N–H and O–H groups in total. The molecule has 7 heteroatoms. The molecular formula is C33H54O5S2. The topological polar surface area (TPSA) is 98.0 Å². The van der Waals surface area contributed by atoms with E-state index in [0.29, 0.717) is 24.2 Å². The summed E-state index contributed by atoms with van der Waals surface area (Å²) in [5, 5.41) is 43.3. The molecule has 0 aromatic carbocycles. The zero-order valence-electron chi connectivity index (χ0n) is 25.7. The molecule has 0 bridgehead atoms. The number of carboxylic acids is 1. The number of carbonyl (C=O) groups is 1. The second kappa shape index (κ2) is 10.5. The van der Waals surface area contributed by atoms with Gasteiger partial charge in [0.25, 0.3) is 0 Å². The van der Waals surface area contributed by atoms with Gasteiger partial charge in [-0.2, -0.15) is 0 Å². The Kier molecular flexibility index (Phi) is 8.16. The van der Waals surface area contributed by atoms with Gasteiger partial charge < -0.3 is 20.4 Å². The standard InChI is InChI=1S/C33H54O5S2/c1-28(2)23-11-10-21-22(30(23,4)18-13-25(28)34)12-17-31(5)24(9-7-8-15-29(3,37)16-14-26(35)36)32(6,38)33(27(21)31)39-19-20-40-33/h12,21,23-25,27,34,37-38H,7-11,13-20H2,1-6H3,(H,35,36)/t21?,23?,24?,25-,27?,29?,30+,31+,32-/m0/s1. The molecule has 4 aliphatic carbocycles. The second-order valence-electron chi connectivity index (χ2n) is 15.6. The lowest BCUT2D eigenvalue weighted by molar-refractivity contribution is -0.138. The molecule has 1 saturated heterocycles. The van der Waals surface area contributed by atoms with Crippen LogP contribution in [0.25, 0.3) is 0 Å². The molecule has 5 aliphatic rings. The molecule has 1 aliphatic heterocycles. The predicted octanol–water partition coefficient (Wildman–Crippen LogP) is 6.89. The quantitative estimate of drug-likeness (QED) is 0.180. The molecular weight excluding hydrogens is 540 g/mol. The summed E-state index contributed by atoms with van der Waals surface area (Å²) < 4.78 is -0.198. The number of allylic oxidation sites excluding steroid dienone is 2. The van der Waals surface area contributed by atoms with Gasteiger partial charge in [0.15, 0.2) is 0 Å². The van der Waals surface area contributed by atoms with Crippen molar-refractivity contribution in [2.75, 3.05) is 11.5 Å².